The predicted molar refractivity (Wildman–Crippen MR) is 215 cm³/mol. The minimum atomic E-state index is -0.703. The quantitative estimate of drug-likeness (QED) is 0.114. The molecule has 11 nitrogen and oxygen atoms in total. The summed E-state index contributed by atoms with van der Waals surface area (Å²) in [6.07, 6.45) is 0.239. The minimum absolute atomic E-state index is 0.00530. The van der Waals surface area contributed by atoms with Crippen LogP contribution in [0.2, 0.25) is 0 Å². The Kier molecular flexibility index (Phi) is 11.0. The average molecular weight is 754 g/mol. The number of benzene rings is 5. The smallest absolute Gasteiger partial charge is 0.323 e. The van der Waals surface area contributed by atoms with Gasteiger partial charge in [0.1, 0.15) is 17.0 Å². The first-order chi connectivity index (χ1) is 27.4. The molecule has 0 aromatic heterocycles. The number of hydrogen-bond acceptors (Lipinski definition) is 8. The zero-order valence-electron chi connectivity index (χ0n) is 31.3. The number of carbonyl (C=O) groups excluding carboxylic acids is 2. The van der Waals surface area contributed by atoms with Crippen molar-refractivity contribution in [2.45, 2.75) is 50.4 Å². The largest absolute Gasteiger partial charge is 0.457 e. The van der Waals surface area contributed by atoms with Gasteiger partial charge in [-0.25, -0.2) is 4.79 Å². The number of hydrogen-bond donors (Lipinski definition) is 4. The molecule has 3 aliphatic rings. The van der Waals surface area contributed by atoms with Crippen molar-refractivity contribution in [2.75, 3.05) is 41.8 Å². The van der Waals surface area contributed by atoms with Gasteiger partial charge in [0.15, 0.2) is 6.29 Å². The van der Waals surface area contributed by atoms with E-state index in [2.05, 4.69) is 44.8 Å². The van der Waals surface area contributed by atoms with Crippen molar-refractivity contribution in [3.05, 3.63) is 150 Å². The molecule has 3 saturated heterocycles. The second kappa shape index (κ2) is 16.6. The van der Waals surface area contributed by atoms with Gasteiger partial charge in [-0.3, -0.25) is 4.79 Å². The molecule has 3 amide bonds. The number of likely N-dealkylation sites (tertiary alicyclic amines) is 1. The van der Waals surface area contributed by atoms with Gasteiger partial charge in [0.2, 0.25) is 5.91 Å². The van der Waals surface area contributed by atoms with E-state index < -0.39 is 11.8 Å². The summed E-state index contributed by atoms with van der Waals surface area (Å²) in [5, 5.41) is 18.6. The number of piperidine rings is 1. The van der Waals surface area contributed by atoms with Gasteiger partial charge in [-0.05, 0) is 84.6 Å². The van der Waals surface area contributed by atoms with Crippen LogP contribution >= 0.6 is 0 Å². The van der Waals surface area contributed by atoms with Gasteiger partial charge in [0, 0.05) is 48.2 Å². The van der Waals surface area contributed by atoms with E-state index in [-0.39, 0.29) is 36.7 Å². The molecule has 0 saturated carbocycles. The van der Waals surface area contributed by atoms with E-state index in [0.717, 1.165) is 41.2 Å². The lowest BCUT2D eigenvalue weighted by Crippen LogP contribution is -2.57. The van der Waals surface area contributed by atoms with Crippen molar-refractivity contribution >= 4 is 29.0 Å². The molecule has 3 heterocycles. The summed E-state index contributed by atoms with van der Waals surface area (Å²) in [5.74, 6) is 1.49. The van der Waals surface area contributed by atoms with Crippen molar-refractivity contribution in [2.24, 2.45) is 5.92 Å². The molecular formula is C45H47N5O6. The molecule has 0 radical (unpaired) electrons. The Morgan fingerprint density at radius 2 is 1.48 bits per heavy atom. The number of anilines is 3. The molecule has 3 fully saturated rings. The summed E-state index contributed by atoms with van der Waals surface area (Å²) in [4.78, 5) is 31.0. The first-order valence-corrected chi connectivity index (χ1v) is 19.2. The number of urea groups is 1. The SMILES string of the molecule is C[C@@H]1[C@H](CN2CCC3(CC2)C(=O)NCN3c2ccccc2)O[C@H](c2cccc(NC(=O)Nc3ccc(Oc4ccccc4)cc3)c2)O[C@@H]1c1ccc(CO)cc1. The third-order valence-electron chi connectivity index (χ3n) is 11.2. The van der Waals surface area contributed by atoms with E-state index in [4.69, 9.17) is 14.2 Å². The van der Waals surface area contributed by atoms with Crippen molar-refractivity contribution in [1.29, 1.82) is 0 Å². The molecule has 8 rings (SSSR count). The number of amides is 3. The molecule has 56 heavy (non-hydrogen) atoms. The molecule has 4 N–H and O–H groups in total. The van der Waals surface area contributed by atoms with Crippen LogP contribution in [-0.4, -0.2) is 59.9 Å². The number of aliphatic hydroxyl groups excluding tert-OH is 1. The summed E-state index contributed by atoms with van der Waals surface area (Å²) in [6, 6.07) is 41.9. The molecule has 288 valence electrons. The van der Waals surface area contributed by atoms with E-state index in [1.54, 1.807) is 24.3 Å². The Hall–Kier alpha value is -5.72. The second-order valence-electron chi connectivity index (χ2n) is 14.7. The van der Waals surface area contributed by atoms with Crippen LogP contribution in [0.15, 0.2) is 133 Å². The zero-order valence-corrected chi connectivity index (χ0v) is 31.3. The topological polar surface area (TPSA) is 125 Å². The van der Waals surface area contributed by atoms with E-state index in [1.807, 2.05) is 97.1 Å². The third-order valence-corrected chi connectivity index (χ3v) is 11.2. The molecule has 3 aliphatic heterocycles. The van der Waals surface area contributed by atoms with Crippen LogP contribution in [-0.2, 0) is 20.9 Å². The van der Waals surface area contributed by atoms with Gasteiger partial charge >= 0.3 is 6.03 Å². The Morgan fingerprint density at radius 3 is 2.20 bits per heavy atom. The maximum Gasteiger partial charge on any atom is 0.323 e. The molecule has 5 aromatic carbocycles. The predicted octanol–water partition coefficient (Wildman–Crippen LogP) is 7.84. The number of para-hydroxylation sites is 2. The van der Waals surface area contributed by atoms with Crippen LogP contribution in [0.5, 0.6) is 11.5 Å². The van der Waals surface area contributed by atoms with Crippen LogP contribution in [0.25, 0.3) is 0 Å². The van der Waals surface area contributed by atoms with Crippen LogP contribution in [0.4, 0.5) is 21.9 Å². The monoisotopic (exact) mass is 753 g/mol. The number of aliphatic hydroxyl groups is 1. The molecule has 0 aliphatic carbocycles. The van der Waals surface area contributed by atoms with Gasteiger partial charge in [0.25, 0.3) is 0 Å². The van der Waals surface area contributed by atoms with Crippen molar-refractivity contribution in [3.63, 3.8) is 0 Å². The van der Waals surface area contributed by atoms with Gasteiger partial charge in [-0.2, -0.15) is 0 Å². The molecule has 11 heteroatoms. The van der Waals surface area contributed by atoms with E-state index in [1.165, 1.54) is 0 Å². The molecule has 4 atom stereocenters. The van der Waals surface area contributed by atoms with Crippen molar-refractivity contribution in [3.8, 4) is 11.5 Å². The summed E-state index contributed by atoms with van der Waals surface area (Å²) >= 11 is 0. The Balaban J connectivity index is 0.951. The zero-order chi connectivity index (χ0) is 38.5. The standard InChI is InChI=1S/C45H47N5O6/c1-31-40(28-49-25-23-45(24-26-49)43(52)46-30-50(45)37-11-4-2-5-12-37)55-42(56-41(31)33-17-15-32(29-51)16-18-33)34-9-8-10-36(27-34)48-44(53)47-35-19-21-39(22-20-35)54-38-13-6-3-7-14-38/h2-22,27,31,40-42,51H,23-26,28-30H2,1H3,(H,46,52)(H2,47,48,53)/t31-,40+,41+,42+/m1/s1. The number of ether oxygens (including phenoxy) is 3. The first-order valence-electron chi connectivity index (χ1n) is 19.2. The van der Waals surface area contributed by atoms with Gasteiger partial charge in [0.05, 0.1) is 25.5 Å². The summed E-state index contributed by atoms with van der Waals surface area (Å²) in [7, 11) is 0. The van der Waals surface area contributed by atoms with Crippen LogP contribution in [0, 0.1) is 5.92 Å². The fourth-order valence-electron chi connectivity index (χ4n) is 8.01. The maximum atomic E-state index is 13.3. The molecule has 5 aromatic rings. The number of rotatable bonds is 10. The second-order valence-corrected chi connectivity index (χ2v) is 14.7. The van der Waals surface area contributed by atoms with Crippen LogP contribution < -0.4 is 25.6 Å². The minimum Gasteiger partial charge on any atom is -0.457 e. The van der Waals surface area contributed by atoms with Crippen molar-refractivity contribution in [1.82, 2.24) is 10.2 Å². The fourth-order valence-corrected chi connectivity index (χ4v) is 8.01. The molecule has 1 spiro atoms. The lowest BCUT2D eigenvalue weighted by Gasteiger charge is -2.46. The highest BCUT2D eigenvalue weighted by Crippen LogP contribution is 2.43. The Morgan fingerprint density at radius 1 is 0.804 bits per heavy atom. The summed E-state index contributed by atoms with van der Waals surface area (Å²) in [6.45, 7) is 4.80. The fraction of sp³-hybridized carbons (Fsp3) is 0.289. The highest BCUT2D eigenvalue weighted by atomic mass is 16.7. The number of carbonyl (C=O) groups is 2. The van der Waals surface area contributed by atoms with Gasteiger partial charge in [-0.1, -0.05) is 79.7 Å². The van der Waals surface area contributed by atoms with Crippen LogP contribution in [0.1, 0.15) is 48.8 Å². The summed E-state index contributed by atoms with van der Waals surface area (Å²) < 4.78 is 19.4. The Labute approximate surface area is 327 Å². The third kappa shape index (κ3) is 8.12. The van der Waals surface area contributed by atoms with E-state index in [9.17, 15) is 14.7 Å². The molecular weight excluding hydrogens is 707 g/mol. The Bertz CT molecular complexity index is 2090. The normalized spacial score (nSPS) is 22.0. The summed E-state index contributed by atoms with van der Waals surface area (Å²) in [5.41, 5.74) is 4.30. The highest BCUT2D eigenvalue weighted by molar-refractivity contribution is 5.99. The van der Waals surface area contributed by atoms with Crippen LogP contribution in [0.3, 0.4) is 0 Å². The highest BCUT2D eigenvalue weighted by Gasteiger charge is 2.51. The molecule has 0 unspecified atom stereocenters. The van der Waals surface area contributed by atoms with E-state index >= 15 is 0 Å². The number of nitrogens with one attached hydrogen (secondary N) is 3. The van der Waals surface area contributed by atoms with Gasteiger partial charge < -0.3 is 45.1 Å². The average Bonchev–Trinajstić information content (AvgIpc) is 3.55. The lowest BCUT2D eigenvalue weighted by molar-refractivity contribution is -0.276. The number of nitrogens with zero attached hydrogens (tertiary/aromatic N) is 2. The van der Waals surface area contributed by atoms with Gasteiger partial charge in [-0.15, -0.1) is 0 Å². The van der Waals surface area contributed by atoms with Crippen molar-refractivity contribution < 1.29 is 28.9 Å². The lowest BCUT2D eigenvalue weighted by atomic mass is 9.84. The van der Waals surface area contributed by atoms with E-state index in [0.29, 0.717) is 43.2 Å². The maximum absolute atomic E-state index is 13.3. The first kappa shape index (κ1) is 37.2. The molecule has 0 bridgehead atoms.